The van der Waals surface area contributed by atoms with Gasteiger partial charge in [0.15, 0.2) is 6.61 Å². The zero-order chi connectivity index (χ0) is 18.3. The highest BCUT2D eigenvalue weighted by Crippen LogP contribution is 2.23. The van der Waals surface area contributed by atoms with Crippen LogP contribution < -0.4 is 0 Å². The van der Waals surface area contributed by atoms with E-state index < -0.39 is 6.09 Å². The number of nitrogens with zero attached hydrogens (tertiary/aromatic N) is 3. The number of ether oxygens (including phenoxy) is 1. The fourth-order valence-electron chi connectivity index (χ4n) is 3.22. The number of aromatic nitrogens is 2. The lowest BCUT2D eigenvalue weighted by Crippen LogP contribution is -2.42. The number of imide groups is 1. The maximum atomic E-state index is 13.0. The van der Waals surface area contributed by atoms with E-state index >= 15 is 0 Å². The van der Waals surface area contributed by atoms with Crippen LogP contribution >= 0.6 is 0 Å². The van der Waals surface area contributed by atoms with Gasteiger partial charge >= 0.3 is 6.09 Å². The van der Waals surface area contributed by atoms with Crippen molar-refractivity contribution in [3.8, 4) is 11.3 Å². The third-order valence-electron chi connectivity index (χ3n) is 4.55. The number of hydrogen-bond donors (Lipinski definition) is 1. The molecule has 3 heterocycles. The Morgan fingerprint density at radius 2 is 2.04 bits per heavy atom. The van der Waals surface area contributed by atoms with Crippen molar-refractivity contribution in [2.45, 2.75) is 12.5 Å². The molecule has 2 aliphatic rings. The number of halogens is 1. The van der Waals surface area contributed by atoms with Crippen LogP contribution in [0.2, 0.25) is 0 Å². The largest absolute Gasteiger partial charge is 0.439 e. The van der Waals surface area contributed by atoms with Crippen molar-refractivity contribution in [2.75, 3.05) is 19.7 Å². The summed E-state index contributed by atoms with van der Waals surface area (Å²) in [7, 11) is 0. The summed E-state index contributed by atoms with van der Waals surface area (Å²) in [6, 6.07) is 7.02. The molecule has 134 valence electrons. The lowest BCUT2D eigenvalue weighted by molar-refractivity contribution is -0.127. The zero-order valence-corrected chi connectivity index (χ0v) is 13.6. The van der Waals surface area contributed by atoms with E-state index in [1.807, 2.05) is 0 Å². The van der Waals surface area contributed by atoms with Crippen molar-refractivity contribution in [3.05, 3.63) is 41.8 Å². The van der Waals surface area contributed by atoms with Gasteiger partial charge in [0, 0.05) is 18.7 Å². The molecule has 1 aromatic heterocycles. The van der Waals surface area contributed by atoms with Crippen molar-refractivity contribution in [1.82, 2.24) is 20.0 Å². The van der Waals surface area contributed by atoms with Crippen LogP contribution in [0.1, 0.15) is 16.9 Å². The Bertz CT molecular complexity index is 863. The van der Waals surface area contributed by atoms with Crippen molar-refractivity contribution >= 4 is 17.9 Å². The molecular weight excluding hydrogens is 343 g/mol. The van der Waals surface area contributed by atoms with Crippen LogP contribution in [0.25, 0.3) is 11.3 Å². The Kier molecular flexibility index (Phi) is 3.90. The molecule has 2 saturated heterocycles. The Hall–Kier alpha value is -3.23. The summed E-state index contributed by atoms with van der Waals surface area (Å²) in [6.45, 7) is 0.431. The monoisotopic (exact) mass is 358 g/mol. The molecule has 4 rings (SSSR count). The first-order valence-electron chi connectivity index (χ1n) is 8.12. The molecule has 3 amide bonds. The van der Waals surface area contributed by atoms with E-state index in [0.29, 0.717) is 29.9 Å². The van der Waals surface area contributed by atoms with Crippen LogP contribution in [0.5, 0.6) is 0 Å². The van der Waals surface area contributed by atoms with E-state index in [4.69, 9.17) is 4.74 Å². The number of aromatic amines is 1. The molecule has 1 atom stereocenters. The number of H-pyrrole nitrogens is 1. The minimum absolute atomic E-state index is 0.245. The van der Waals surface area contributed by atoms with E-state index in [9.17, 15) is 18.8 Å². The first-order chi connectivity index (χ1) is 12.5. The lowest BCUT2D eigenvalue weighted by atomic mass is 10.1. The second kappa shape index (κ2) is 6.25. The number of benzene rings is 1. The molecule has 0 aliphatic carbocycles. The summed E-state index contributed by atoms with van der Waals surface area (Å²) in [5, 5.41) is 6.79. The average Bonchev–Trinajstić information content (AvgIpc) is 3.35. The second-order valence-corrected chi connectivity index (χ2v) is 6.19. The van der Waals surface area contributed by atoms with Gasteiger partial charge in [-0.05, 0) is 36.8 Å². The van der Waals surface area contributed by atoms with Gasteiger partial charge in [-0.2, -0.15) is 5.10 Å². The Labute approximate surface area is 147 Å². The Morgan fingerprint density at radius 1 is 1.27 bits per heavy atom. The van der Waals surface area contributed by atoms with Crippen LogP contribution in [-0.2, 0) is 9.53 Å². The first kappa shape index (κ1) is 16.2. The van der Waals surface area contributed by atoms with Gasteiger partial charge in [0.05, 0.1) is 11.7 Å². The van der Waals surface area contributed by atoms with Gasteiger partial charge in [0.2, 0.25) is 0 Å². The number of nitrogens with one attached hydrogen (secondary N) is 1. The molecule has 0 radical (unpaired) electrons. The Balaban J connectivity index is 1.46. The number of hydrogen-bond acceptors (Lipinski definition) is 5. The second-order valence-electron chi connectivity index (χ2n) is 6.19. The van der Waals surface area contributed by atoms with Gasteiger partial charge in [-0.1, -0.05) is 0 Å². The highest BCUT2D eigenvalue weighted by molar-refractivity contribution is 5.98. The van der Waals surface area contributed by atoms with Crippen molar-refractivity contribution in [3.63, 3.8) is 0 Å². The van der Waals surface area contributed by atoms with E-state index in [-0.39, 0.29) is 36.8 Å². The minimum Gasteiger partial charge on any atom is -0.439 e. The highest BCUT2D eigenvalue weighted by atomic mass is 19.1. The lowest BCUT2D eigenvalue weighted by Gasteiger charge is -2.20. The molecule has 0 saturated carbocycles. The molecule has 1 N–H and O–H groups in total. The van der Waals surface area contributed by atoms with Gasteiger partial charge in [0.1, 0.15) is 11.5 Å². The van der Waals surface area contributed by atoms with Crippen molar-refractivity contribution in [1.29, 1.82) is 0 Å². The zero-order valence-electron chi connectivity index (χ0n) is 13.6. The molecule has 1 unspecified atom stereocenters. The standard InChI is InChI=1S/C17H15FN4O4/c18-11-3-1-10(2-4-11)13-7-14(20-19-13)16(24)21-6-5-12(8-21)22-15(23)9-26-17(22)25/h1-4,7,12H,5-6,8-9H2,(H,19,20). The smallest absolute Gasteiger partial charge is 0.417 e. The summed E-state index contributed by atoms with van der Waals surface area (Å²) < 4.78 is 17.7. The fraction of sp³-hybridized carbons (Fsp3) is 0.294. The molecule has 9 heteroatoms. The van der Waals surface area contributed by atoms with Gasteiger partial charge < -0.3 is 9.64 Å². The van der Waals surface area contributed by atoms with Crippen molar-refractivity contribution < 1.29 is 23.5 Å². The van der Waals surface area contributed by atoms with Crippen LogP contribution in [0, 0.1) is 5.82 Å². The first-order valence-corrected chi connectivity index (χ1v) is 8.12. The van der Waals surface area contributed by atoms with E-state index in [1.54, 1.807) is 23.1 Å². The van der Waals surface area contributed by atoms with Gasteiger partial charge in [0.25, 0.3) is 11.8 Å². The molecule has 0 spiro atoms. The number of cyclic esters (lactones) is 1. The van der Waals surface area contributed by atoms with Crippen LogP contribution in [0.4, 0.5) is 9.18 Å². The number of likely N-dealkylation sites (tertiary alicyclic amines) is 1. The maximum absolute atomic E-state index is 13.0. The molecule has 1 aromatic carbocycles. The number of carbonyl (C=O) groups is 3. The van der Waals surface area contributed by atoms with E-state index in [0.717, 1.165) is 4.90 Å². The quantitative estimate of drug-likeness (QED) is 0.895. The number of amides is 3. The van der Waals surface area contributed by atoms with Crippen molar-refractivity contribution in [2.24, 2.45) is 0 Å². The normalized spacial score (nSPS) is 20.0. The third-order valence-corrected chi connectivity index (χ3v) is 4.55. The van der Waals surface area contributed by atoms with E-state index in [2.05, 4.69) is 10.2 Å². The molecule has 0 bridgehead atoms. The summed E-state index contributed by atoms with van der Waals surface area (Å²) in [6.07, 6.45) is -0.152. The third kappa shape index (κ3) is 2.81. The molecule has 2 fully saturated rings. The van der Waals surface area contributed by atoms with Crippen LogP contribution in [0.15, 0.2) is 30.3 Å². The summed E-state index contributed by atoms with van der Waals surface area (Å²) in [5.41, 5.74) is 1.51. The fourth-order valence-corrected chi connectivity index (χ4v) is 3.22. The average molecular weight is 358 g/mol. The minimum atomic E-state index is -0.658. The number of carbonyl (C=O) groups excluding carboxylic acids is 3. The maximum Gasteiger partial charge on any atom is 0.417 e. The predicted molar refractivity (Wildman–Crippen MR) is 86.5 cm³/mol. The van der Waals surface area contributed by atoms with Gasteiger partial charge in [-0.25, -0.2) is 14.1 Å². The highest BCUT2D eigenvalue weighted by Gasteiger charge is 2.41. The predicted octanol–water partition coefficient (Wildman–Crippen LogP) is 1.41. The molecular formula is C17H15FN4O4. The summed E-state index contributed by atoms with van der Waals surface area (Å²) >= 11 is 0. The molecule has 26 heavy (non-hydrogen) atoms. The summed E-state index contributed by atoms with van der Waals surface area (Å²) in [4.78, 5) is 38.7. The van der Waals surface area contributed by atoms with Crippen LogP contribution in [0.3, 0.4) is 0 Å². The molecule has 2 aliphatic heterocycles. The SMILES string of the molecule is O=C(c1cc(-c2ccc(F)cc2)n[nH]1)N1CCC(N2C(=O)COC2=O)C1. The molecule has 8 nitrogen and oxygen atoms in total. The summed E-state index contributed by atoms with van der Waals surface area (Å²) in [5.74, 6) is -0.999. The topological polar surface area (TPSA) is 95.6 Å². The van der Waals surface area contributed by atoms with Gasteiger partial charge in [-0.15, -0.1) is 0 Å². The van der Waals surface area contributed by atoms with E-state index in [1.165, 1.54) is 12.1 Å². The number of rotatable bonds is 3. The molecule has 2 aromatic rings. The Morgan fingerprint density at radius 3 is 2.73 bits per heavy atom. The van der Waals surface area contributed by atoms with Gasteiger partial charge in [-0.3, -0.25) is 14.7 Å². The van der Waals surface area contributed by atoms with Crippen LogP contribution in [-0.4, -0.2) is 63.6 Å².